The Morgan fingerprint density at radius 1 is 0.625 bits per heavy atom. The summed E-state index contributed by atoms with van der Waals surface area (Å²) in [6.45, 7) is 0. The molecule has 2 atom stereocenters. The van der Waals surface area contributed by atoms with Gasteiger partial charge in [0.15, 0.2) is 0 Å². The smallest absolute Gasteiger partial charge is 0.110 e. The van der Waals surface area contributed by atoms with Crippen molar-refractivity contribution in [2.45, 2.75) is 12.2 Å². The van der Waals surface area contributed by atoms with E-state index in [4.69, 9.17) is 0 Å². The summed E-state index contributed by atoms with van der Waals surface area (Å²) in [5.41, 5.74) is 3.62. The van der Waals surface area contributed by atoms with Gasteiger partial charge in [0.2, 0.25) is 0 Å². The van der Waals surface area contributed by atoms with Crippen molar-refractivity contribution in [3.05, 3.63) is 59.7 Å². The number of fused-ring (bicyclic) bond motifs is 3. The third-order valence-electron chi connectivity index (χ3n) is 3.15. The Kier molecular flexibility index (Phi) is 2.06. The van der Waals surface area contributed by atoms with Gasteiger partial charge in [0.1, 0.15) is 12.2 Å². The molecule has 1 aliphatic carbocycles. The molecule has 16 heavy (non-hydrogen) atoms. The molecule has 0 heterocycles. The van der Waals surface area contributed by atoms with Gasteiger partial charge in [-0.1, -0.05) is 48.5 Å². The summed E-state index contributed by atoms with van der Waals surface area (Å²) in [6, 6.07) is 15.3. The summed E-state index contributed by atoms with van der Waals surface area (Å²) < 4.78 is 0. The van der Waals surface area contributed by atoms with Crippen molar-refractivity contribution in [3.8, 4) is 11.1 Å². The van der Waals surface area contributed by atoms with Gasteiger partial charge >= 0.3 is 0 Å². The first kappa shape index (κ1) is 9.58. The van der Waals surface area contributed by atoms with Crippen LogP contribution >= 0.6 is 0 Å². The molecule has 80 valence electrons. The lowest BCUT2D eigenvalue weighted by atomic mass is 9.82. The normalized spacial score (nSPS) is 22.4. The second-order valence-electron chi connectivity index (χ2n) is 4.06. The molecule has 0 radical (unpaired) electrons. The average molecular weight is 212 g/mol. The Morgan fingerprint density at radius 2 is 1.00 bits per heavy atom. The molecule has 0 unspecified atom stereocenters. The summed E-state index contributed by atoms with van der Waals surface area (Å²) in [5, 5.41) is 20.1. The quantitative estimate of drug-likeness (QED) is 0.704. The van der Waals surface area contributed by atoms with Crippen molar-refractivity contribution < 1.29 is 10.2 Å². The molecule has 1 aliphatic rings. The van der Waals surface area contributed by atoms with Crippen molar-refractivity contribution in [1.82, 2.24) is 0 Å². The summed E-state index contributed by atoms with van der Waals surface area (Å²) in [5.74, 6) is 0. The Bertz CT molecular complexity index is 484. The molecule has 0 aliphatic heterocycles. The number of rotatable bonds is 0. The maximum atomic E-state index is 10.0. The fraction of sp³-hybridized carbons (Fsp3) is 0.143. The maximum Gasteiger partial charge on any atom is 0.110 e. The largest absolute Gasteiger partial charge is 0.385 e. The van der Waals surface area contributed by atoms with Gasteiger partial charge in [-0.25, -0.2) is 0 Å². The predicted molar refractivity (Wildman–Crippen MR) is 61.8 cm³/mol. The van der Waals surface area contributed by atoms with Gasteiger partial charge in [-0.3, -0.25) is 0 Å². The summed E-state index contributed by atoms with van der Waals surface area (Å²) in [6.07, 6.45) is -1.66. The van der Waals surface area contributed by atoms with E-state index in [0.29, 0.717) is 0 Å². The van der Waals surface area contributed by atoms with E-state index in [1.807, 2.05) is 48.5 Å². The van der Waals surface area contributed by atoms with Crippen LogP contribution in [-0.4, -0.2) is 10.2 Å². The number of aliphatic hydroxyl groups excluding tert-OH is 2. The first-order valence-electron chi connectivity index (χ1n) is 5.33. The maximum absolute atomic E-state index is 10.0. The van der Waals surface area contributed by atoms with Crippen molar-refractivity contribution >= 4 is 0 Å². The Morgan fingerprint density at radius 3 is 1.44 bits per heavy atom. The number of hydrogen-bond donors (Lipinski definition) is 2. The van der Waals surface area contributed by atoms with E-state index in [2.05, 4.69) is 0 Å². The van der Waals surface area contributed by atoms with E-state index in [0.717, 1.165) is 22.3 Å². The first-order chi connectivity index (χ1) is 7.79. The fourth-order valence-corrected chi connectivity index (χ4v) is 2.34. The molecule has 0 saturated heterocycles. The van der Waals surface area contributed by atoms with Crippen molar-refractivity contribution in [1.29, 1.82) is 0 Å². The highest BCUT2D eigenvalue weighted by Crippen LogP contribution is 2.43. The molecule has 0 fully saturated rings. The molecule has 2 aromatic rings. The highest BCUT2D eigenvalue weighted by molar-refractivity contribution is 5.74. The van der Waals surface area contributed by atoms with E-state index in [1.54, 1.807) is 0 Å². The molecule has 0 amide bonds. The Balaban J connectivity index is 2.33. The van der Waals surface area contributed by atoms with Crippen LogP contribution in [-0.2, 0) is 0 Å². The van der Waals surface area contributed by atoms with Gasteiger partial charge in [0.05, 0.1) is 0 Å². The summed E-state index contributed by atoms with van der Waals surface area (Å²) in [7, 11) is 0. The standard InChI is InChI=1S/C14H12O2/c15-13-11-7-3-1-5-9(11)10-6-2-4-8-12(10)14(13)16/h1-8,13-16H/t13-,14-/m1/s1. The lowest BCUT2D eigenvalue weighted by Crippen LogP contribution is -2.16. The lowest BCUT2D eigenvalue weighted by molar-refractivity contribution is 0.0158. The second kappa shape index (κ2) is 3.44. The van der Waals surface area contributed by atoms with E-state index >= 15 is 0 Å². The molecule has 2 aromatic carbocycles. The van der Waals surface area contributed by atoms with Crippen LogP contribution in [0.3, 0.4) is 0 Å². The van der Waals surface area contributed by atoms with Crippen LogP contribution in [0.5, 0.6) is 0 Å². The lowest BCUT2D eigenvalue weighted by Gasteiger charge is -2.28. The molecule has 2 heteroatoms. The van der Waals surface area contributed by atoms with Crippen LogP contribution in [0.25, 0.3) is 11.1 Å². The van der Waals surface area contributed by atoms with Crippen molar-refractivity contribution in [2.75, 3.05) is 0 Å². The van der Waals surface area contributed by atoms with E-state index in [-0.39, 0.29) is 0 Å². The minimum atomic E-state index is -0.828. The first-order valence-corrected chi connectivity index (χ1v) is 5.33. The molecule has 0 saturated carbocycles. The third-order valence-corrected chi connectivity index (χ3v) is 3.15. The Labute approximate surface area is 93.8 Å². The summed E-state index contributed by atoms with van der Waals surface area (Å²) in [4.78, 5) is 0. The minimum absolute atomic E-state index is 0.800. The molecular formula is C14H12O2. The van der Waals surface area contributed by atoms with Crippen molar-refractivity contribution in [3.63, 3.8) is 0 Å². The van der Waals surface area contributed by atoms with Crippen LogP contribution in [0.1, 0.15) is 23.3 Å². The molecule has 3 rings (SSSR count). The molecule has 0 aromatic heterocycles. The average Bonchev–Trinajstić information content (AvgIpc) is 2.36. The minimum Gasteiger partial charge on any atom is -0.385 e. The zero-order valence-electron chi connectivity index (χ0n) is 8.67. The fourth-order valence-electron chi connectivity index (χ4n) is 2.34. The van der Waals surface area contributed by atoms with Gasteiger partial charge in [0, 0.05) is 0 Å². The monoisotopic (exact) mass is 212 g/mol. The van der Waals surface area contributed by atoms with Crippen LogP contribution in [0, 0.1) is 0 Å². The molecule has 2 nitrogen and oxygen atoms in total. The van der Waals surface area contributed by atoms with Gasteiger partial charge in [-0.05, 0) is 22.3 Å². The van der Waals surface area contributed by atoms with Gasteiger partial charge in [-0.15, -0.1) is 0 Å². The van der Waals surface area contributed by atoms with Crippen molar-refractivity contribution in [2.24, 2.45) is 0 Å². The molecule has 0 bridgehead atoms. The third kappa shape index (κ3) is 1.21. The van der Waals surface area contributed by atoms with Gasteiger partial charge in [0.25, 0.3) is 0 Å². The van der Waals surface area contributed by atoms with Gasteiger partial charge in [-0.2, -0.15) is 0 Å². The zero-order valence-corrected chi connectivity index (χ0v) is 8.67. The molecular weight excluding hydrogens is 200 g/mol. The van der Waals surface area contributed by atoms with E-state index < -0.39 is 12.2 Å². The highest BCUT2D eigenvalue weighted by Gasteiger charge is 2.30. The van der Waals surface area contributed by atoms with E-state index in [1.165, 1.54) is 0 Å². The topological polar surface area (TPSA) is 40.5 Å². The van der Waals surface area contributed by atoms with Crippen LogP contribution in [0.4, 0.5) is 0 Å². The number of aliphatic hydroxyl groups is 2. The summed E-state index contributed by atoms with van der Waals surface area (Å²) >= 11 is 0. The van der Waals surface area contributed by atoms with E-state index in [9.17, 15) is 10.2 Å². The molecule has 2 N–H and O–H groups in total. The Hall–Kier alpha value is -1.64. The van der Waals surface area contributed by atoms with Crippen LogP contribution < -0.4 is 0 Å². The predicted octanol–water partition coefficient (Wildman–Crippen LogP) is 2.43. The number of hydrogen-bond acceptors (Lipinski definition) is 2. The SMILES string of the molecule is O[C@@H]1c2ccccc2-c2ccccc2[C@H]1O. The zero-order chi connectivity index (χ0) is 11.1. The number of benzene rings is 2. The van der Waals surface area contributed by atoms with Crippen LogP contribution in [0.2, 0.25) is 0 Å². The highest BCUT2D eigenvalue weighted by atomic mass is 16.3. The second-order valence-corrected chi connectivity index (χ2v) is 4.06. The van der Waals surface area contributed by atoms with Crippen LogP contribution in [0.15, 0.2) is 48.5 Å². The van der Waals surface area contributed by atoms with Gasteiger partial charge < -0.3 is 10.2 Å². The molecule has 0 spiro atoms.